The van der Waals surface area contributed by atoms with Gasteiger partial charge < -0.3 is 9.64 Å². The SMILES string of the molecule is [B]C([B])(CC([B])([B])c1ccc(Cl)cc1)OC([B])([B])C([B])([B])C([B])([B])N1CCCCC1. The minimum Gasteiger partial charge on any atom is -0.408 e. The van der Waals surface area contributed by atoms with Crippen LogP contribution in [0.2, 0.25) is 10.2 Å². The molecule has 0 bridgehead atoms. The van der Waals surface area contributed by atoms with Crippen molar-refractivity contribution in [1.29, 1.82) is 0 Å². The summed E-state index contributed by atoms with van der Waals surface area (Å²) in [4.78, 5) is 1.70. The number of hydrogen-bond donors (Lipinski definition) is 0. The third-order valence-electron chi connectivity index (χ3n) is 5.50. The number of hydrogen-bond acceptors (Lipinski definition) is 2. The van der Waals surface area contributed by atoms with Crippen molar-refractivity contribution in [3.63, 3.8) is 0 Å². The van der Waals surface area contributed by atoms with Crippen LogP contribution < -0.4 is 0 Å². The first kappa shape index (κ1) is 26.3. The molecule has 0 spiro atoms. The quantitative estimate of drug-likeness (QED) is 0.533. The Labute approximate surface area is 199 Å². The van der Waals surface area contributed by atoms with Crippen LogP contribution in [0.25, 0.3) is 0 Å². The van der Waals surface area contributed by atoms with Crippen molar-refractivity contribution in [2.75, 3.05) is 13.1 Å². The Morgan fingerprint density at radius 1 is 0.800 bits per heavy atom. The van der Waals surface area contributed by atoms with Crippen molar-refractivity contribution in [3.05, 3.63) is 34.9 Å². The van der Waals surface area contributed by atoms with E-state index in [-0.39, 0.29) is 6.42 Å². The molecule has 0 N–H and O–H groups in total. The van der Waals surface area contributed by atoms with E-state index in [9.17, 15) is 0 Å². The highest BCUT2D eigenvalue weighted by molar-refractivity contribution is 6.61. The van der Waals surface area contributed by atoms with Crippen molar-refractivity contribution in [1.82, 2.24) is 4.90 Å². The van der Waals surface area contributed by atoms with E-state index < -0.39 is 26.6 Å². The standard InChI is InChI=1S/C17H16B10ClNO/c18-13(19,11-4-6-12(28)7-5-11)10-14(20,21)30-17(26,27)15(22,23)16(24,25)29-8-2-1-3-9-29/h4-7H,1-3,8-10H2. The van der Waals surface area contributed by atoms with Gasteiger partial charge in [-0.1, -0.05) is 51.5 Å². The van der Waals surface area contributed by atoms with Gasteiger partial charge in [0, 0.05) is 5.02 Å². The average Bonchev–Trinajstić information content (AvgIpc) is 2.60. The number of halogens is 1. The van der Waals surface area contributed by atoms with Gasteiger partial charge in [-0.2, -0.15) is 0 Å². The monoisotopic (exact) mass is 395 g/mol. The van der Waals surface area contributed by atoms with Gasteiger partial charge in [-0.25, -0.2) is 0 Å². The molecular formula is C17H16B10ClNO. The lowest BCUT2D eigenvalue weighted by atomic mass is 9.23. The molecule has 1 aliphatic rings. The molecule has 0 aromatic heterocycles. The van der Waals surface area contributed by atoms with Crippen LogP contribution >= 0.6 is 11.6 Å². The van der Waals surface area contributed by atoms with Crippen molar-refractivity contribution in [2.24, 2.45) is 0 Å². The molecule has 0 saturated carbocycles. The fourth-order valence-electron chi connectivity index (χ4n) is 3.59. The number of nitrogens with zero attached hydrogens (tertiary/aromatic N) is 1. The Hall–Kier alpha value is 0.0794. The minimum absolute atomic E-state index is 0.306. The molecule has 1 aliphatic heterocycles. The molecule has 0 amide bonds. The minimum atomic E-state index is -2.34. The molecular weight excluding hydrogens is 378 g/mol. The Balaban J connectivity index is 2.20. The van der Waals surface area contributed by atoms with Crippen molar-refractivity contribution in [2.45, 2.75) is 52.2 Å². The highest BCUT2D eigenvalue weighted by Gasteiger charge is 2.50. The third-order valence-corrected chi connectivity index (χ3v) is 5.75. The molecule has 1 aromatic carbocycles. The van der Waals surface area contributed by atoms with E-state index in [4.69, 9.17) is 94.8 Å². The summed E-state index contributed by atoms with van der Waals surface area (Å²) in [6.45, 7) is 1.14. The number of likely N-dealkylation sites (tertiary alicyclic amines) is 1. The largest absolute Gasteiger partial charge is 0.408 e. The molecule has 1 fully saturated rings. The Morgan fingerprint density at radius 2 is 1.30 bits per heavy atom. The Morgan fingerprint density at radius 3 is 1.80 bits per heavy atom. The van der Waals surface area contributed by atoms with E-state index in [0.29, 0.717) is 23.7 Å². The fraction of sp³-hybridized carbons (Fsp3) is 0.647. The molecule has 1 heterocycles. The van der Waals surface area contributed by atoms with Gasteiger partial charge >= 0.3 is 0 Å². The van der Waals surface area contributed by atoms with Gasteiger partial charge in [-0.05, 0) is 55.3 Å². The molecule has 13 heteroatoms. The van der Waals surface area contributed by atoms with Gasteiger partial charge in [0.15, 0.2) is 0 Å². The summed E-state index contributed by atoms with van der Waals surface area (Å²) in [6.07, 6.45) is 2.48. The van der Waals surface area contributed by atoms with E-state index >= 15 is 0 Å². The number of benzene rings is 1. The smallest absolute Gasteiger partial charge is 0.0992 e. The summed E-state index contributed by atoms with van der Waals surface area (Å²) in [5.41, 5.74) is 0.502. The molecule has 2 nitrogen and oxygen atoms in total. The molecule has 2 rings (SSSR count). The van der Waals surface area contributed by atoms with Gasteiger partial charge in [0.1, 0.15) is 0 Å². The lowest BCUT2D eigenvalue weighted by molar-refractivity contribution is -0.00835. The van der Waals surface area contributed by atoms with Crippen molar-refractivity contribution < 1.29 is 4.74 Å². The Kier molecular flexibility index (Phi) is 8.02. The number of rotatable bonds is 8. The van der Waals surface area contributed by atoms with Crippen LogP contribution in [0.5, 0.6) is 0 Å². The third kappa shape index (κ3) is 5.70. The summed E-state index contributed by atoms with van der Waals surface area (Å²) >= 11 is 5.89. The summed E-state index contributed by atoms with van der Waals surface area (Å²) in [6, 6.07) is 6.51. The normalized spacial score (nSPS) is 17.6. The zero-order chi connectivity index (χ0) is 23.0. The van der Waals surface area contributed by atoms with Gasteiger partial charge in [0.2, 0.25) is 0 Å². The first-order valence-corrected chi connectivity index (χ1v) is 10.00. The van der Waals surface area contributed by atoms with Crippen LogP contribution in [0.15, 0.2) is 24.3 Å². The summed E-state index contributed by atoms with van der Waals surface area (Å²) in [5, 5.41) is -9.34. The van der Waals surface area contributed by atoms with Crippen LogP contribution in [0, 0.1) is 0 Å². The van der Waals surface area contributed by atoms with Crippen LogP contribution in [0.3, 0.4) is 0 Å². The maximum atomic E-state index is 6.28. The van der Waals surface area contributed by atoms with Gasteiger partial charge in [0.25, 0.3) is 0 Å². The first-order valence-electron chi connectivity index (χ1n) is 9.62. The Bertz CT molecular complexity index is 720. The molecule has 132 valence electrons. The van der Waals surface area contributed by atoms with Crippen molar-refractivity contribution in [3.8, 4) is 0 Å². The summed E-state index contributed by atoms with van der Waals surface area (Å²) in [5.74, 6) is 0. The number of ether oxygens (including phenoxy) is 1. The predicted octanol–water partition coefficient (Wildman–Crippen LogP) is -0.852. The van der Waals surface area contributed by atoms with Crippen molar-refractivity contribution >= 4 is 90.1 Å². The maximum absolute atomic E-state index is 6.28. The zero-order valence-electron chi connectivity index (χ0n) is 17.1. The molecule has 30 heavy (non-hydrogen) atoms. The molecule has 0 atom stereocenters. The summed E-state index contributed by atoms with van der Waals surface area (Å²) < 4.78 is 5.54. The summed E-state index contributed by atoms with van der Waals surface area (Å²) in [7, 11) is 61.8. The highest BCUT2D eigenvalue weighted by Crippen LogP contribution is 2.44. The average molecular weight is 394 g/mol. The van der Waals surface area contributed by atoms with E-state index in [0.717, 1.165) is 19.3 Å². The van der Waals surface area contributed by atoms with E-state index in [1.165, 1.54) is 0 Å². The molecule has 20 radical (unpaired) electrons. The topological polar surface area (TPSA) is 12.5 Å². The van der Waals surface area contributed by atoms with Crippen LogP contribution in [-0.4, -0.2) is 113 Å². The van der Waals surface area contributed by atoms with Crippen LogP contribution in [0.4, 0.5) is 0 Å². The van der Waals surface area contributed by atoms with Gasteiger partial charge in [-0.15, -0.1) is 0 Å². The van der Waals surface area contributed by atoms with Gasteiger partial charge in [-0.3, -0.25) is 0 Å². The van der Waals surface area contributed by atoms with Crippen LogP contribution in [-0.2, 0) is 9.95 Å². The second-order valence-electron chi connectivity index (χ2n) is 8.32. The highest BCUT2D eigenvalue weighted by atomic mass is 35.5. The molecule has 0 unspecified atom stereocenters. The van der Waals surface area contributed by atoms with Crippen LogP contribution in [0.1, 0.15) is 31.2 Å². The maximum Gasteiger partial charge on any atom is 0.0992 e. The second-order valence-corrected chi connectivity index (χ2v) is 8.75. The van der Waals surface area contributed by atoms with E-state index in [1.807, 2.05) is 0 Å². The lowest BCUT2D eigenvalue weighted by Gasteiger charge is -2.62. The zero-order valence-corrected chi connectivity index (χ0v) is 17.8. The van der Waals surface area contributed by atoms with E-state index in [1.54, 1.807) is 29.2 Å². The lowest BCUT2D eigenvalue weighted by Crippen LogP contribution is -2.69. The fourth-order valence-corrected chi connectivity index (χ4v) is 3.72. The molecule has 0 aliphatic carbocycles. The van der Waals surface area contributed by atoms with Gasteiger partial charge in [0.05, 0.1) is 78.5 Å². The molecule has 1 saturated heterocycles. The van der Waals surface area contributed by atoms with E-state index in [2.05, 4.69) is 0 Å². The second kappa shape index (κ2) is 9.14. The molecule has 1 aromatic rings. The number of piperidine rings is 1. The predicted molar refractivity (Wildman–Crippen MR) is 133 cm³/mol. The first-order chi connectivity index (χ1) is 13.5.